The second-order valence-corrected chi connectivity index (χ2v) is 7.79. The fourth-order valence-electron chi connectivity index (χ4n) is 2.97. The van der Waals surface area contributed by atoms with Crippen LogP contribution >= 0.6 is 0 Å². The molecular weight excluding hydrogens is 381 g/mol. The first-order valence-electron chi connectivity index (χ1n) is 8.01. The zero-order chi connectivity index (χ0) is 19.7. The number of nitrogens with zero attached hydrogens (tertiary/aromatic N) is 4. The van der Waals surface area contributed by atoms with Crippen molar-refractivity contribution in [3.63, 3.8) is 0 Å². The summed E-state index contributed by atoms with van der Waals surface area (Å²) >= 11 is 0. The lowest BCUT2D eigenvalue weighted by Gasteiger charge is -2.37. The average Bonchev–Trinajstić information content (AvgIpc) is 2.67. The Morgan fingerprint density at radius 3 is 2.26 bits per heavy atom. The number of aromatic nitrogens is 1. The van der Waals surface area contributed by atoms with Crippen molar-refractivity contribution >= 4 is 21.3 Å². The third-order valence-electron chi connectivity index (χ3n) is 4.29. The Bertz CT molecular complexity index is 978. The lowest BCUT2D eigenvalue weighted by molar-refractivity contribution is -0.0435. The fourth-order valence-corrected chi connectivity index (χ4v) is 3.95. The molecule has 1 saturated heterocycles. The minimum atomic E-state index is -5.44. The highest BCUT2D eigenvalue weighted by Gasteiger charge is 2.48. The standard InChI is InChI=1S/C17H15F3N4O2S/c18-17(19,20)27(25,26)15-6-2-1-5-14(15)23-8-10-24(11-9-23)16-13(12-21)4-3-7-22-16/h1-7H,8-11H2. The van der Waals surface area contributed by atoms with Crippen LogP contribution in [0.1, 0.15) is 5.56 Å². The molecule has 2 aromatic rings. The summed E-state index contributed by atoms with van der Waals surface area (Å²) in [4.78, 5) is 6.91. The lowest BCUT2D eigenvalue weighted by Crippen LogP contribution is -2.47. The van der Waals surface area contributed by atoms with Gasteiger partial charge in [-0.05, 0) is 24.3 Å². The number of hydrogen-bond acceptors (Lipinski definition) is 6. The molecule has 142 valence electrons. The van der Waals surface area contributed by atoms with E-state index in [9.17, 15) is 26.9 Å². The molecule has 0 spiro atoms. The molecule has 10 heteroatoms. The van der Waals surface area contributed by atoms with Crippen molar-refractivity contribution in [2.24, 2.45) is 0 Å². The first kappa shape index (κ1) is 19.0. The Balaban J connectivity index is 1.85. The molecule has 6 nitrogen and oxygen atoms in total. The molecule has 1 aromatic heterocycles. The summed E-state index contributed by atoms with van der Waals surface area (Å²) in [7, 11) is -5.44. The molecule has 1 fully saturated rings. The van der Waals surface area contributed by atoms with Gasteiger partial charge in [-0.3, -0.25) is 0 Å². The van der Waals surface area contributed by atoms with Gasteiger partial charge in [0, 0.05) is 32.4 Å². The summed E-state index contributed by atoms with van der Waals surface area (Å²) < 4.78 is 62.7. The number of halogens is 3. The topological polar surface area (TPSA) is 77.3 Å². The van der Waals surface area contributed by atoms with Gasteiger partial charge in [-0.15, -0.1) is 0 Å². The maximum atomic E-state index is 13.0. The number of para-hydroxylation sites is 1. The van der Waals surface area contributed by atoms with E-state index in [1.807, 2.05) is 4.90 Å². The van der Waals surface area contributed by atoms with Gasteiger partial charge < -0.3 is 9.80 Å². The van der Waals surface area contributed by atoms with Crippen molar-refractivity contribution in [1.82, 2.24) is 4.98 Å². The van der Waals surface area contributed by atoms with Crippen LogP contribution in [0.25, 0.3) is 0 Å². The number of alkyl halides is 3. The molecule has 0 radical (unpaired) electrons. The van der Waals surface area contributed by atoms with Crippen molar-refractivity contribution in [2.75, 3.05) is 36.0 Å². The number of rotatable bonds is 3. The highest BCUT2D eigenvalue weighted by molar-refractivity contribution is 7.92. The Kier molecular flexibility index (Phi) is 4.97. The van der Waals surface area contributed by atoms with Crippen LogP contribution < -0.4 is 9.80 Å². The molecule has 1 aromatic carbocycles. The van der Waals surface area contributed by atoms with Gasteiger partial charge in [-0.2, -0.15) is 18.4 Å². The van der Waals surface area contributed by atoms with Crippen LogP contribution in [0.5, 0.6) is 0 Å². The Labute approximate surface area is 154 Å². The van der Waals surface area contributed by atoms with Crippen molar-refractivity contribution in [3.05, 3.63) is 48.2 Å². The van der Waals surface area contributed by atoms with Crippen LogP contribution in [0.3, 0.4) is 0 Å². The van der Waals surface area contributed by atoms with E-state index < -0.39 is 20.2 Å². The largest absolute Gasteiger partial charge is 0.501 e. The van der Waals surface area contributed by atoms with Gasteiger partial charge in [0.15, 0.2) is 0 Å². The number of hydrogen-bond donors (Lipinski definition) is 0. The highest BCUT2D eigenvalue weighted by Crippen LogP contribution is 2.36. The van der Waals surface area contributed by atoms with Crippen LogP contribution in [-0.2, 0) is 9.84 Å². The molecule has 0 saturated carbocycles. The fraction of sp³-hybridized carbons (Fsp3) is 0.294. The quantitative estimate of drug-likeness (QED) is 0.794. The molecule has 0 N–H and O–H groups in total. The van der Waals surface area contributed by atoms with Gasteiger partial charge in [0.2, 0.25) is 0 Å². The highest BCUT2D eigenvalue weighted by atomic mass is 32.2. The third-order valence-corrected chi connectivity index (χ3v) is 5.82. The van der Waals surface area contributed by atoms with Gasteiger partial charge >= 0.3 is 5.51 Å². The predicted molar refractivity (Wildman–Crippen MR) is 93.1 cm³/mol. The number of piperazine rings is 1. The van der Waals surface area contributed by atoms with E-state index in [1.165, 1.54) is 18.2 Å². The summed E-state index contributed by atoms with van der Waals surface area (Å²) in [6.07, 6.45) is 1.56. The van der Waals surface area contributed by atoms with E-state index in [-0.39, 0.29) is 5.69 Å². The Morgan fingerprint density at radius 2 is 1.63 bits per heavy atom. The minimum absolute atomic E-state index is 0.0241. The molecule has 0 atom stereocenters. The van der Waals surface area contributed by atoms with Gasteiger partial charge in [0.25, 0.3) is 9.84 Å². The summed E-state index contributed by atoms with van der Waals surface area (Å²) in [6, 6.07) is 10.5. The molecule has 0 bridgehead atoms. The molecule has 1 aliphatic rings. The predicted octanol–water partition coefficient (Wildman–Crippen LogP) is 2.57. The van der Waals surface area contributed by atoms with Crippen molar-refractivity contribution in [3.8, 4) is 6.07 Å². The molecular formula is C17H15F3N4O2S. The summed E-state index contributed by atoms with van der Waals surface area (Å²) in [5, 5.41) is 9.18. The third kappa shape index (κ3) is 3.55. The smallest absolute Gasteiger partial charge is 0.367 e. The molecule has 0 aliphatic carbocycles. The van der Waals surface area contributed by atoms with E-state index in [2.05, 4.69) is 11.1 Å². The normalized spacial score (nSPS) is 15.5. The van der Waals surface area contributed by atoms with E-state index in [0.717, 1.165) is 6.07 Å². The van der Waals surface area contributed by atoms with Gasteiger partial charge in [0.05, 0.1) is 16.1 Å². The second-order valence-electron chi connectivity index (χ2n) is 5.88. The first-order valence-corrected chi connectivity index (χ1v) is 9.49. The Hall–Kier alpha value is -2.80. The first-order chi connectivity index (χ1) is 12.8. The second kappa shape index (κ2) is 7.08. The molecule has 27 heavy (non-hydrogen) atoms. The summed E-state index contributed by atoms with van der Waals surface area (Å²) in [5.74, 6) is 0.510. The maximum Gasteiger partial charge on any atom is 0.501 e. The number of anilines is 2. The molecule has 3 rings (SSSR count). The van der Waals surface area contributed by atoms with E-state index in [4.69, 9.17) is 0 Å². The average molecular weight is 396 g/mol. The van der Waals surface area contributed by atoms with E-state index in [1.54, 1.807) is 23.2 Å². The van der Waals surface area contributed by atoms with Gasteiger partial charge in [0.1, 0.15) is 11.9 Å². The van der Waals surface area contributed by atoms with Crippen LogP contribution in [0.4, 0.5) is 24.7 Å². The zero-order valence-electron chi connectivity index (χ0n) is 14.0. The number of nitriles is 1. The van der Waals surface area contributed by atoms with Crippen LogP contribution in [0.15, 0.2) is 47.5 Å². The molecule has 0 amide bonds. The molecule has 1 aliphatic heterocycles. The van der Waals surface area contributed by atoms with Gasteiger partial charge in [-0.25, -0.2) is 13.4 Å². The maximum absolute atomic E-state index is 13.0. The minimum Gasteiger partial charge on any atom is -0.367 e. The lowest BCUT2D eigenvalue weighted by atomic mass is 10.2. The number of benzene rings is 1. The summed E-state index contributed by atoms with van der Waals surface area (Å²) in [5.41, 5.74) is -4.93. The zero-order valence-corrected chi connectivity index (χ0v) is 14.8. The van der Waals surface area contributed by atoms with E-state index in [0.29, 0.717) is 37.6 Å². The number of sulfone groups is 1. The van der Waals surface area contributed by atoms with Crippen molar-refractivity contribution in [1.29, 1.82) is 5.26 Å². The van der Waals surface area contributed by atoms with Crippen LogP contribution in [0, 0.1) is 11.3 Å². The SMILES string of the molecule is N#Cc1cccnc1N1CCN(c2ccccc2S(=O)(=O)C(F)(F)F)CC1. The monoisotopic (exact) mass is 396 g/mol. The van der Waals surface area contributed by atoms with Crippen LogP contribution in [0.2, 0.25) is 0 Å². The molecule has 2 heterocycles. The number of pyridine rings is 1. The van der Waals surface area contributed by atoms with Gasteiger partial charge in [-0.1, -0.05) is 12.1 Å². The van der Waals surface area contributed by atoms with Crippen LogP contribution in [-0.4, -0.2) is 45.1 Å². The summed E-state index contributed by atoms with van der Waals surface area (Å²) in [6.45, 7) is 1.38. The van der Waals surface area contributed by atoms with E-state index >= 15 is 0 Å². The molecule has 0 unspecified atom stereocenters. The Morgan fingerprint density at radius 1 is 1.00 bits per heavy atom. The van der Waals surface area contributed by atoms with Crippen molar-refractivity contribution in [2.45, 2.75) is 10.4 Å². The van der Waals surface area contributed by atoms with Crippen molar-refractivity contribution < 1.29 is 21.6 Å².